The van der Waals surface area contributed by atoms with Gasteiger partial charge in [0.1, 0.15) is 6.04 Å². The molecule has 1 aromatic carbocycles. The van der Waals surface area contributed by atoms with Crippen molar-refractivity contribution in [1.82, 2.24) is 24.6 Å². The number of benzene rings is 1. The number of carbonyl (C=O) groups is 1. The number of hydrogen-bond acceptors (Lipinski definition) is 5. The highest BCUT2D eigenvalue weighted by Gasteiger charge is 2.40. The molecule has 0 aliphatic heterocycles. The molecule has 184 valence electrons. The summed E-state index contributed by atoms with van der Waals surface area (Å²) in [5, 5.41) is 12.2. The van der Waals surface area contributed by atoms with Gasteiger partial charge in [-0.05, 0) is 37.3 Å². The van der Waals surface area contributed by atoms with Crippen molar-refractivity contribution < 1.29 is 18.3 Å². The van der Waals surface area contributed by atoms with Crippen molar-refractivity contribution in [3.05, 3.63) is 48.4 Å². The highest BCUT2D eigenvalue weighted by Crippen LogP contribution is 2.38. The van der Waals surface area contributed by atoms with E-state index in [1.165, 1.54) is 7.11 Å². The van der Waals surface area contributed by atoms with Gasteiger partial charge in [0.05, 0.1) is 18.9 Å². The van der Waals surface area contributed by atoms with Crippen LogP contribution in [0, 0.1) is 17.2 Å². The van der Waals surface area contributed by atoms with Gasteiger partial charge in [0, 0.05) is 50.1 Å². The Kier molecular flexibility index (Phi) is 7.15. The lowest BCUT2D eigenvalue weighted by Crippen LogP contribution is -2.48. The molecule has 1 aliphatic carbocycles. The van der Waals surface area contributed by atoms with Crippen LogP contribution in [-0.4, -0.2) is 50.9 Å². The third kappa shape index (κ3) is 5.50. The third-order valence-electron chi connectivity index (χ3n) is 6.37. The summed E-state index contributed by atoms with van der Waals surface area (Å²) in [6.07, 6.45) is 5.63. The number of nitrogens with zero attached hydrogens (tertiary/aromatic N) is 5. The first-order chi connectivity index (χ1) is 16.8. The number of nitriles is 1. The van der Waals surface area contributed by atoms with Gasteiger partial charge in [-0.2, -0.15) is 5.26 Å². The molecule has 3 aromatic rings. The fraction of sp³-hybridized carbons (Fsp3) is 0.440. The first-order valence-electron chi connectivity index (χ1n) is 11.6. The molecular weight excluding hydrogens is 454 g/mol. The number of urea groups is 1. The van der Waals surface area contributed by atoms with Gasteiger partial charge in [0.15, 0.2) is 5.65 Å². The largest absolute Gasteiger partial charge is 0.478 e. The molecule has 4 rings (SSSR count). The Labute approximate surface area is 202 Å². The van der Waals surface area contributed by atoms with E-state index in [0.29, 0.717) is 43.2 Å². The number of halogens is 2. The Morgan fingerprint density at radius 1 is 1.46 bits per heavy atom. The van der Waals surface area contributed by atoms with Gasteiger partial charge < -0.3 is 19.4 Å². The van der Waals surface area contributed by atoms with E-state index in [1.807, 2.05) is 54.1 Å². The summed E-state index contributed by atoms with van der Waals surface area (Å²) in [4.78, 5) is 23.3. The van der Waals surface area contributed by atoms with Crippen molar-refractivity contribution in [2.45, 2.75) is 51.1 Å². The molecule has 1 N–H and O–H groups in total. The van der Waals surface area contributed by atoms with Gasteiger partial charge in [0.2, 0.25) is 5.92 Å². The second kappa shape index (κ2) is 10.3. The first kappa shape index (κ1) is 24.4. The maximum atomic E-state index is 13.8. The number of rotatable bonds is 7. The molecule has 8 nitrogen and oxygen atoms in total. The Bertz CT molecular complexity index is 1240. The smallest absolute Gasteiger partial charge is 0.318 e. The number of hydrogen-bond donors (Lipinski definition) is 1. The molecule has 0 saturated heterocycles. The van der Waals surface area contributed by atoms with E-state index in [2.05, 4.69) is 15.3 Å². The minimum atomic E-state index is -2.79. The van der Waals surface area contributed by atoms with E-state index in [1.54, 1.807) is 11.1 Å². The summed E-state index contributed by atoms with van der Waals surface area (Å²) in [6, 6.07) is 8.25. The summed E-state index contributed by atoms with van der Waals surface area (Å²) < 4.78 is 34.9. The fourth-order valence-electron chi connectivity index (χ4n) is 4.53. The van der Waals surface area contributed by atoms with Crippen LogP contribution in [0.3, 0.4) is 0 Å². The van der Waals surface area contributed by atoms with E-state index in [4.69, 9.17) is 4.74 Å². The molecule has 2 atom stereocenters. The number of fused-ring (bicyclic) bond motifs is 1. The van der Waals surface area contributed by atoms with Gasteiger partial charge in [-0.3, -0.25) is 0 Å². The lowest BCUT2D eigenvalue weighted by molar-refractivity contribution is -0.0549. The monoisotopic (exact) mass is 482 g/mol. The van der Waals surface area contributed by atoms with Crippen LogP contribution in [-0.2, 0) is 6.54 Å². The van der Waals surface area contributed by atoms with Crippen LogP contribution in [0.25, 0.3) is 16.9 Å². The molecule has 10 heteroatoms. The molecule has 1 fully saturated rings. The van der Waals surface area contributed by atoms with Gasteiger partial charge in [-0.15, -0.1) is 0 Å². The Morgan fingerprint density at radius 2 is 2.29 bits per heavy atom. The summed E-state index contributed by atoms with van der Waals surface area (Å²) in [7, 11) is 1.54. The van der Waals surface area contributed by atoms with Crippen LogP contribution in [0.5, 0.6) is 5.88 Å². The number of carbonyl (C=O) groups excluding carboxylic acids is 1. The van der Waals surface area contributed by atoms with Crippen molar-refractivity contribution in [3.63, 3.8) is 0 Å². The average Bonchev–Trinajstić information content (AvgIpc) is 3.33. The molecule has 2 unspecified atom stereocenters. The number of aromatic nitrogens is 3. The van der Waals surface area contributed by atoms with Crippen LogP contribution in [0.4, 0.5) is 13.6 Å². The van der Waals surface area contributed by atoms with E-state index >= 15 is 0 Å². The summed E-state index contributed by atoms with van der Waals surface area (Å²) in [6.45, 7) is 2.51. The van der Waals surface area contributed by atoms with E-state index < -0.39 is 23.9 Å². The summed E-state index contributed by atoms with van der Waals surface area (Å²) in [5.41, 5.74) is 3.00. The zero-order valence-corrected chi connectivity index (χ0v) is 19.7. The van der Waals surface area contributed by atoms with Gasteiger partial charge in [0.25, 0.3) is 5.88 Å². The van der Waals surface area contributed by atoms with E-state index in [-0.39, 0.29) is 12.8 Å². The number of ether oxygens (including phenoxy) is 1. The van der Waals surface area contributed by atoms with Gasteiger partial charge in [-0.25, -0.2) is 23.5 Å². The van der Waals surface area contributed by atoms with Crippen molar-refractivity contribution in [2.75, 3.05) is 13.7 Å². The van der Waals surface area contributed by atoms with Crippen LogP contribution in [0.2, 0.25) is 0 Å². The molecule has 2 heterocycles. The molecule has 2 aromatic heterocycles. The summed E-state index contributed by atoms with van der Waals surface area (Å²) >= 11 is 0. The minimum absolute atomic E-state index is 0.165. The van der Waals surface area contributed by atoms with E-state index in [0.717, 1.165) is 11.1 Å². The third-order valence-corrected chi connectivity index (χ3v) is 6.37. The molecular formula is C25H28F2N6O2. The van der Waals surface area contributed by atoms with Crippen molar-refractivity contribution in [3.8, 4) is 23.2 Å². The SMILES string of the molecule is CCN(Cc1cccc(-c2cn3ccnc3c(OC)n2)c1)C(=O)NC(C#N)C1CCCC(F)(F)C1. The summed E-state index contributed by atoms with van der Waals surface area (Å²) in [5.74, 6) is -2.94. The Balaban J connectivity index is 1.49. The number of alkyl halides is 2. The van der Waals surface area contributed by atoms with Gasteiger partial charge >= 0.3 is 6.03 Å². The first-order valence-corrected chi connectivity index (χ1v) is 11.6. The predicted molar refractivity (Wildman–Crippen MR) is 126 cm³/mol. The average molecular weight is 483 g/mol. The fourth-order valence-corrected chi connectivity index (χ4v) is 4.53. The highest BCUT2D eigenvalue weighted by atomic mass is 19.3. The van der Waals surface area contributed by atoms with E-state index in [9.17, 15) is 18.8 Å². The Hall–Kier alpha value is -3.74. The topological polar surface area (TPSA) is 95.5 Å². The van der Waals surface area contributed by atoms with Crippen molar-refractivity contribution in [1.29, 1.82) is 5.26 Å². The number of methoxy groups -OCH3 is 1. The number of imidazole rings is 1. The minimum Gasteiger partial charge on any atom is -0.478 e. The number of nitrogens with one attached hydrogen (secondary N) is 1. The molecule has 1 aliphatic rings. The lowest BCUT2D eigenvalue weighted by atomic mass is 9.82. The predicted octanol–water partition coefficient (Wildman–Crippen LogP) is 4.65. The standard InChI is InChI=1S/C25H28F2N6O2/c1-3-32(24(34)31-20(14-28)19-8-5-9-25(26,27)13-19)15-17-6-4-7-18(12-17)21-16-33-11-10-29-22(33)23(30-21)35-2/h4,6-7,10-12,16,19-20H,3,5,8-9,13,15H2,1-2H3,(H,31,34). The van der Waals surface area contributed by atoms with Crippen LogP contribution >= 0.6 is 0 Å². The normalized spacial score (nSPS) is 18.0. The zero-order chi connectivity index (χ0) is 25.0. The molecule has 0 radical (unpaired) electrons. The molecule has 0 bridgehead atoms. The molecule has 2 amide bonds. The zero-order valence-electron chi connectivity index (χ0n) is 19.7. The van der Waals surface area contributed by atoms with Crippen molar-refractivity contribution >= 4 is 11.7 Å². The van der Waals surface area contributed by atoms with Crippen LogP contribution < -0.4 is 10.1 Å². The van der Waals surface area contributed by atoms with Crippen LogP contribution in [0.1, 0.15) is 38.2 Å². The van der Waals surface area contributed by atoms with Crippen LogP contribution in [0.15, 0.2) is 42.9 Å². The molecule has 35 heavy (non-hydrogen) atoms. The highest BCUT2D eigenvalue weighted by molar-refractivity contribution is 5.75. The van der Waals surface area contributed by atoms with Crippen molar-refractivity contribution in [2.24, 2.45) is 5.92 Å². The molecule has 1 saturated carbocycles. The number of amides is 2. The molecule has 0 spiro atoms. The lowest BCUT2D eigenvalue weighted by Gasteiger charge is -2.32. The maximum absolute atomic E-state index is 13.8. The quantitative estimate of drug-likeness (QED) is 0.529. The maximum Gasteiger partial charge on any atom is 0.318 e. The second-order valence-electron chi connectivity index (χ2n) is 8.78. The Morgan fingerprint density at radius 3 is 3.00 bits per heavy atom. The second-order valence-corrected chi connectivity index (χ2v) is 8.78. The van der Waals surface area contributed by atoms with Gasteiger partial charge in [-0.1, -0.05) is 18.2 Å².